The average molecular weight is 427 g/mol. The van der Waals surface area contributed by atoms with Crippen molar-refractivity contribution in [3.05, 3.63) is 76.4 Å². The number of amides is 1. The number of imidazole rings is 1. The predicted octanol–water partition coefficient (Wildman–Crippen LogP) is 5.57. The molecule has 0 radical (unpaired) electrons. The molecule has 0 aliphatic rings. The van der Waals surface area contributed by atoms with Crippen LogP contribution in [-0.4, -0.2) is 15.5 Å². The van der Waals surface area contributed by atoms with Gasteiger partial charge in [-0.3, -0.25) is 9.36 Å². The maximum atomic E-state index is 13.4. The molecule has 4 aromatic rings. The lowest BCUT2D eigenvalue weighted by molar-refractivity contribution is 0.0997. The highest BCUT2D eigenvalue weighted by molar-refractivity contribution is 7.16. The summed E-state index contributed by atoms with van der Waals surface area (Å²) >= 11 is 1.17. The van der Waals surface area contributed by atoms with Gasteiger partial charge in [-0.2, -0.15) is 0 Å². The number of primary amides is 1. The van der Waals surface area contributed by atoms with Crippen molar-refractivity contribution in [2.75, 3.05) is 0 Å². The number of nitrogens with zero attached hydrogens (tertiary/aromatic N) is 2. The largest absolute Gasteiger partial charge is 0.484 e. The van der Waals surface area contributed by atoms with Crippen molar-refractivity contribution in [2.45, 2.75) is 26.4 Å². The Bertz CT molecular complexity index is 1230. The molecule has 2 heterocycles. The van der Waals surface area contributed by atoms with E-state index in [9.17, 15) is 13.6 Å². The number of halogens is 2. The molecule has 1 atom stereocenters. The second-order valence-electron chi connectivity index (χ2n) is 6.94. The van der Waals surface area contributed by atoms with E-state index in [1.54, 1.807) is 37.5 Å². The molecule has 1 amide bonds. The molecule has 0 fully saturated rings. The van der Waals surface area contributed by atoms with Crippen LogP contribution in [0.2, 0.25) is 0 Å². The minimum Gasteiger partial charge on any atom is -0.484 e. The molecule has 2 aromatic heterocycles. The van der Waals surface area contributed by atoms with Gasteiger partial charge < -0.3 is 10.5 Å². The highest BCUT2D eigenvalue weighted by Gasteiger charge is 2.22. The van der Waals surface area contributed by atoms with Gasteiger partial charge in [0.15, 0.2) is 0 Å². The zero-order valence-corrected chi connectivity index (χ0v) is 17.1. The first kappa shape index (κ1) is 20.0. The smallest absolute Gasteiger partial charge is 0.264 e. The van der Waals surface area contributed by atoms with Gasteiger partial charge in [0.05, 0.1) is 11.0 Å². The Morgan fingerprint density at radius 2 is 1.90 bits per heavy atom. The van der Waals surface area contributed by atoms with E-state index in [0.29, 0.717) is 10.6 Å². The fourth-order valence-corrected chi connectivity index (χ4v) is 4.29. The van der Waals surface area contributed by atoms with E-state index >= 15 is 0 Å². The van der Waals surface area contributed by atoms with E-state index in [1.165, 1.54) is 17.4 Å². The summed E-state index contributed by atoms with van der Waals surface area (Å²) in [7, 11) is 0. The molecule has 4 rings (SSSR count). The predicted molar refractivity (Wildman–Crippen MR) is 113 cm³/mol. The first-order valence-electron chi connectivity index (χ1n) is 9.26. The third kappa shape index (κ3) is 3.66. The number of rotatable bonds is 6. The topological polar surface area (TPSA) is 70.1 Å². The first-order chi connectivity index (χ1) is 14.3. The summed E-state index contributed by atoms with van der Waals surface area (Å²) in [5, 5.41) is 0.696. The number of aryl methyl sites for hydroxylation is 1. The normalized spacial score (nSPS) is 12.4. The molecule has 0 spiro atoms. The SMILES string of the molecule is Cc1ccc2ncn(-c3cc(OC(C)c4ccccc4C(F)F)c(C(N)=O)s3)c2c1. The molecule has 0 saturated heterocycles. The lowest BCUT2D eigenvalue weighted by atomic mass is 10.0. The van der Waals surface area contributed by atoms with E-state index < -0.39 is 18.4 Å². The number of ether oxygens (including phenoxy) is 1. The standard InChI is InChI=1S/C22H19F2N3O2S/c1-12-7-8-16-17(9-12)27(11-26-16)19-10-18(20(30-19)22(25)28)29-13(2)14-5-3-4-6-15(14)21(23)24/h3-11,13,21H,1-2H3,(H2,25,28). The molecule has 0 aliphatic carbocycles. The van der Waals surface area contributed by atoms with Gasteiger partial charge in [0.25, 0.3) is 12.3 Å². The van der Waals surface area contributed by atoms with Gasteiger partial charge in [-0.25, -0.2) is 13.8 Å². The number of thiophene rings is 1. The van der Waals surface area contributed by atoms with Crippen LogP contribution in [0, 0.1) is 6.92 Å². The number of benzene rings is 2. The molecule has 0 saturated carbocycles. The molecule has 1 unspecified atom stereocenters. The summed E-state index contributed by atoms with van der Waals surface area (Å²) in [6.07, 6.45) is -1.65. The van der Waals surface area contributed by atoms with Crippen molar-refractivity contribution in [3.8, 4) is 10.8 Å². The summed E-state index contributed by atoms with van der Waals surface area (Å²) in [5.41, 5.74) is 8.59. The molecular formula is C22H19F2N3O2S. The summed E-state index contributed by atoms with van der Waals surface area (Å²) in [6, 6.07) is 13.8. The fourth-order valence-electron chi connectivity index (χ4n) is 3.37. The maximum Gasteiger partial charge on any atom is 0.264 e. The minimum atomic E-state index is -2.62. The van der Waals surface area contributed by atoms with E-state index in [1.807, 2.05) is 29.7 Å². The highest BCUT2D eigenvalue weighted by Crippen LogP contribution is 2.37. The van der Waals surface area contributed by atoms with E-state index in [4.69, 9.17) is 10.5 Å². The Morgan fingerprint density at radius 1 is 1.17 bits per heavy atom. The number of alkyl halides is 2. The lowest BCUT2D eigenvalue weighted by Crippen LogP contribution is -2.12. The summed E-state index contributed by atoms with van der Waals surface area (Å²) in [5.74, 6) is -0.384. The van der Waals surface area contributed by atoms with Crippen LogP contribution in [0.5, 0.6) is 5.75 Å². The zero-order chi connectivity index (χ0) is 21.4. The third-order valence-electron chi connectivity index (χ3n) is 4.82. The number of nitrogens with two attached hydrogens (primary N) is 1. The Hall–Kier alpha value is -3.26. The quantitative estimate of drug-likeness (QED) is 0.437. The number of carbonyl (C=O) groups is 1. The maximum absolute atomic E-state index is 13.4. The van der Waals surface area contributed by atoms with Crippen molar-refractivity contribution in [2.24, 2.45) is 5.73 Å². The molecule has 0 bridgehead atoms. The second-order valence-corrected chi connectivity index (χ2v) is 7.97. The molecule has 5 nitrogen and oxygen atoms in total. The van der Waals surface area contributed by atoms with Gasteiger partial charge in [-0.1, -0.05) is 30.3 Å². The van der Waals surface area contributed by atoms with E-state index in [0.717, 1.165) is 16.6 Å². The molecule has 2 N–H and O–H groups in total. The van der Waals surface area contributed by atoms with Crippen molar-refractivity contribution < 1.29 is 18.3 Å². The van der Waals surface area contributed by atoms with E-state index in [-0.39, 0.29) is 16.2 Å². The summed E-state index contributed by atoms with van der Waals surface area (Å²) < 4.78 is 34.5. The number of hydrogen-bond donors (Lipinski definition) is 1. The fraction of sp³-hybridized carbons (Fsp3) is 0.182. The Kier molecular flexibility index (Phi) is 5.26. The first-order valence-corrected chi connectivity index (χ1v) is 10.1. The number of hydrogen-bond acceptors (Lipinski definition) is 4. The second kappa shape index (κ2) is 7.87. The molecule has 30 heavy (non-hydrogen) atoms. The van der Waals surface area contributed by atoms with Gasteiger partial charge in [0.2, 0.25) is 0 Å². The molecular weight excluding hydrogens is 408 g/mol. The van der Waals surface area contributed by atoms with E-state index in [2.05, 4.69) is 4.98 Å². The van der Waals surface area contributed by atoms with Crippen LogP contribution in [0.3, 0.4) is 0 Å². The van der Waals surface area contributed by atoms with Crippen molar-refractivity contribution in [1.82, 2.24) is 9.55 Å². The number of aromatic nitrogens is 2. The van der Waals surface area contributed by atoms with Crippen LogP contribution >= 0.6 is 11.3 Å². The van der Waals surface area contributed by atoms with Gasteiger partial charge in [-0.05, 0) is 31.5 Å². The molecule has 0 aliphatic heterocycles. The van der Waals surface area contributed by atoms with Crippen LogP contribution in [0.25, 0.3) is 16.0 Å². The Labute approximate surface area is 175 Å². The molecule has 154 valence electrons. The Balaban J connectivity index is 1.73. The van der Waals surface area contributed by atoms with Crippen molar-refractivity contribution in [3.63, 3.8) is 0 Å². The van der Waals surface area contributed by atoms with Crippen LogP contribution < -0.4 is 10.5 Å². The monoisotopic (exact) mass is 427 g/mol. The van der Waals surface area contributed by atoms with Gasteiger partial charge in [-0.15, -0.1) is 11.3 Å². The van der Waals surface area contributed by atoms with Gasteiger partial charge in [0.1, 0.15) is 28.1 Å². The summed E-state index contributed by atoms with van der Waals surface area (Å²) in [6.45, 7) is 3.65. The summed E-state index contributed by atoms with van der Waals surface area (Å²) in [4.78, 5) is 16.6. The zero-order valence-electron chi connectivity index (χ0n) is 16.3. The van der Waals surface area contributed by atoms with Crippen molar-refractivity contribution in [1.29, 1.82) is 0 Å². The Morgan fingerprint density at radius 3 is 2.60 bits per heavy atom. The third-order valence-corrected chi connectivity index (χ3v) is 5.95. The van der Waals surface area contributed by atoms with Crippen LogP contribution in [0.1, 0.15) is 45.8 Å². The van der Waals surface area contributed by atoms with Crippen molar-refractivity contribution >= 4 is 28.3 Å². The van der Waals surface area contributed by atoms with Crippen LogP contribution in [0.4, 0.5) is 8.78 Å². The van der Waals surface area contributed by atoms with Gasteiger partial charge in [0, 0.05) is 17.2 Å². The molecule has 2 aromatic carbocycles. The molecule has 8 heteroatoms. The minimum absolute atomic E-state index is 0.0999. The highest BCUT2D eigenvalue weighted by atomic mass is 32.1. The van der Waals surface area contributed by atoms with Gasteiger partial charge >= 0.3 is 0 Å². The number of fused-ring (bicyclic) bond motifs is 1. The average Bonchev–Trinajstić information content (AvgIpc) is 3.31. The van der Waals surface area contributed by atoms with Crippen LogP contribution in [-0.2, 0) is 0 Å². The van der Waals surface area contributed by atoms with Crippen LogP contribution in [0.15, 0.2) is 54.9 Å². The number of carbonyl (C=O) groups excluding carboxylic acids is 1. The lowest BCUT2D eigenvalue weighted by Gasteiger charge is -2.18.